The van der Waals surface area contributed by atoms with Gasteiger partial charge in [0.2, 0.25) is 5.88 Å². The van der Waals surface area contributed by atoms with Crippen molar-refractivity contribution in [1.82, 2.24) is 34.7 Å². The van der Waals surface area contributed by atoms with Gasteiger partial charge in [-0.2, -0.15) is 15.3 Å². The molecule has 0 spiro atoms. The van der Waals surface area contributed by atoms with Gasteiger partial charge < -0.3 is 4.74 Å². The number of likely N-dealkylation sites (N-methyl/N-ethyl adjacent to an activating group) is 1. The molecule has 0 aliphatic carbocycles. The molecule has 0 amide bonds. The molecule has 4 heterocycles. The molecule has 1 aromatic carbocycles. The molecule has 8 nitrogen and oxygen atoms in total. The summed E-state index contributed by atoms with van der Waals surface area (Å²) in [6.07, 6.45) is 2.78. The average Bonchev–Trinajstić information content (AvgIpc) is 3.40. The Hall–Kier alpha value is -3.13. The number of hydrogen-bond acceptors (Lipinski definition) is 5. The number of aromatic amines is 1. The lowest BCUT2D eigenvalue weighted by Crippen LogP contribution is -2.25. The van der Waals surface area contributed by atoms with E-state index in [2.05, 4.69) is 54.2 Å². The van der Waals surface area contributed by atoms with Gasteiger partial charge in [-0.1, -0.05) is 13.0 Å². The molecule has 2 bridgehead atoms. The first kappa shape index (κ1) is 19.8. The van der Waals surface area contributed by atoms with Gasteiger partial charge in [0.25, 0.3) is 0 Å². The summed E-state index contributed by atoms with van der Waals surface area (Å²) in [4.78, 5) is 2.26. The molecule has 1 atom stereocenters. The fourth-order valence-corrected chi connectivity index (χ4v) is 4.52. The summed E-state index contributed by atoms with van der Waals surface area (Å²) in [6.45, 7) is 6.57. The smallest absolute Gasteiger partial charge is 0.219 e. The number of aromatic nitrogens is 6. The highest BCUT2D eigenvalue weighted by atomic mass is 16.5. The SMILES string of the molecule is Cc1c2c(nn1C)CN(C)CCOc1c(cnn1C)-c1ccc3[nH]nc(c3c1)C(C)C2. The van der Waals surface area contributed by atoms with E-state index in [1.54, 1.807) is 4.68 Å². The molecule has 3 aromatic heterocycles. The second-order valence-electron chi connectivity index (χ2n) is 8.68. The lowest BCUT2D eigenvalue weighted by Gasteiger charge is -2.17. The third-order valence-electron chi connectivity index (χ3n) is 6.44. The van der Waals surface area contributed by atoms with Crippen molar-refractivity contribution in [1.29, 1.82) is 0 Å². The molecule has 1 unspecified atom stereocenters. The third-order valence-corrected chi connectivity index (χ3v) is 6.44. The molecule has 0 saturated heterocycles. The molecule has 8 heteroatoms. The quantitative estimate of drug-likeness (QED) is 0.474. The monoisotopic (exact) mass is 419 g/mol. The lowest BCUT2D eigenvalue weighted by atomic mass is 9.93. The second-order valence-corrected chi connectivity index (χ2v) is 8.68. The molecule has 1 aliphatic heterocycles. The van der Waals surface area contributed by atoms with Crippen LogP contribution in [0.25, 0.3) is 22.0 Å². The van der Waals surface area contributed by atoms with Gasteiger partial charge in [0.05, 0.1) is 28.7 Å². The van der Waals surface area contributed by atoms with Crippen LogP contribution in [0.5, 0.6) is 5.88 Å². The van der Waals surface area contributed by atoms with Crippen molar-refractivity contribution in [3.05, 3.63) is 47.0 Å². The Kier molecular flexibility index (Phi) is 4.81. The van der Waals surface area contributed by atoms with Crippen molar-refractivity contribution < 1.29 is 4.74 Å². The summed E-state index contributed by atoms with van der Waals surface area (Å²) in [5.74, 6) is 1.04. The molecule has 1 aliphatic rings. The molecule has 1 N–H and O–H groups in total. The Morgan fingerprint density at radius 1 is 1.16 bits per heavy atom. The zero-order chi connectivity index (χ0) is 21.7. The minimum atomic E-state index is 0.255. The average molecular weight is 420 g/mol. The van der Waals surface area contributed by atoms with Gasteiger partial charge in [-0.25, -0.2) is 4.68 Å². The fourth-order valence-electron chi connectivity index (χ4n) is 4.52. The second kappa shape index (κ2) is 7.53. The zero-order valence-corrected chi connectivity index (χ0v) is 18.8. The fraction of sp³-hybridized carbons (Fsp3) is 0.435. The van der Waals surface area contributed by atoms with Gasteiger partial charge >= 0.3 is 0 Å². The van der Waals surface area contributed by atoms with Gasteiger partial charge in [0, 0.05) is 44.2 Å². The van der Waals surface area contributed by atoms with Crippen molar-refractivity contribution in [3.8, 4) is 17.0 Å². The van der Waals surface area contributed by atoms with Crippen molar-refractivity contribution in [2.75, 3.05) is 20.2 Å². The lowest BCUT2D eigenvalue weighted by molar-refractivity contribution is 0.219. The van der Waals surface area contributed by atoms with Crippen LogP contribution in [-0.2, 0) is 27.1 Å². The predicted molar refractivity (Wildman–Crippen MR) is 120 cm³/mol. The summed E-state index contributed by atoms with van der Waals surface area (Å²) in [6, 6.07) is 6.40. The normalized spacial score (nSPS) is 17.8. The standard InChI is InChI=1S/C23H29N7O/c1-14-10-17-15(2)29(4)27-21(17)13-28(3)8-9-31-23-19(12-24-30(23)5)16-6-7-20-18(11-16)22(14)26-25-20/h6-7,11-12,14H,8-10,13H2,1-5H3,(H,25,26). The minimum absolute atomic E-state index is 0.255. The zero-order valence-electron chi connectivity index (χ0n) is 18.8. The summed E-state index contributed by atoms with van der Waals surface area (Å²) in [5.41, 5.74) is 7.89. The molecule has 4 aromatic rings. The van der Waals surface area contributed by atoms with E-state index in [0.29, 0.717) is 6.61 Å². The first-order chi connectivity index (χ1) is 14.9. The first-order valence-corrected chi connectivity index (χ1v) is 10.8. The van der Waals surface area contributed by atoms with E-state index in [1.807, 2.05) is 25.0 Å². The van der Waals surface area contributed by atoms with E-state index in [1.165, 1.54) is 11.3 Å². The van der Waals surface area contributed by atoms with Crippen molar-refractivity contribution in [2.24, 2.45) is 14.1 Å². The summed E-state index contributed by atoms with van der Waals surface area (Å²) >= 11 is 0. The Labute approximate surface area is 181 Å². The molecule has 5 rings (SSSR count). The highest BCUT2D eigenvalue weighted by Gasteiger charge is 2.22. The van der Waals surface area contributed by atoms with Crippen LogP contribution >= 0.6 is 0 Å². The molecule has 162 valence electrons. The van der Waals surface area contributed by atoms with E-state index in [9.17, 15) is 0 Å². The number of hydrogen-bond donors (Lipinski definition) is 1. The van der Waals surface area contributed by atoms with E-state index >= 15 is 0 Å². The van der Waals surface area contributed by atoms with Crippen LogP contribution in [0.3, 0.4) is 0 Å². The van der Waals surface area contributed by atoms with Crippen molar-refractivity contribution >= 4 is 10.9 Å². The van der Waals surface area contributed by atoms with Crippen LogP contribution in [0.15, 0.2) is 24.4 Å². The van der Waals surface area contributed by atoms with Crippen molar-refractivity contribution in [2.45, 2.75) is 32.7 Å². The molecule has 0 radical (unpaired) electrons. The number of H-pyrrole nitrogens is 1. The Morgan fingerprint density at radius 3 is 2.84 bits per heavy atom. The Bertz CT molecular complexity index is 1250. The topological polar surface area (TPSA) is 76.8 Å². The number of aryl methyl sites for hydroxylation is 2. The third kappa shape index (κ3) is 3.40. The van der Waals surface area contributed by atoms with E-state index < -0.39 is 0 Å². The Balaban J connectivity index is 1.65. The predicted octanol–water partition coefficient (Wildman–Crippen LogP) is 3.18. The summed E-state index contributed by atoms with van der Waals surface area (Å²) < 4.78 is 10.00. The van der Waals surface area contributed by atoms with E-state index in [-0.39, 0.29) is 5.92 Å². The number of nitrogens with one attached hydrogen (secondary N) is 1. The minimum Gasteiger partial charge on any atom is -0.476 e. The number of rotatable bonds is 0. The number of ether oxygens (including phenoxy) is 1. The Morgan fingerprint density at radius 2 is 2.00 bits per heavy atom. The van der Waals surface area contributed by atoms with Crippen LogP contribution in [0.2, 0.25) is 0 Å². The maximum atomic E-state index is 6.20. The van der Waals surface area contributed by atoms with Gasteiger partial charge in [-0.3, -0.25) is 14.7 Å². The van der Waals surface area contributed by atoms with Gasteiger partial charge in [-0.05, 0) is 43.7 Å². The molecular formula is C23H29N7O. The molecular weight excluding hydrogens is 390 g/mol. The number of benzene rings is 1. The summed E-state index contributed by atoms with van der Waals surface area (Å²) in [5, 5.41) is 18.3. The van der Waals surface area contributed by atoms with E-state index in [0.717, 1.165) is 58.8 Å². The van der Waals surface area contributed by atoms with Crippen LogP contribution < -0.4 is 4.74 Å². The van der Waals surface area contributed by atoms with Gasteiger partial charge in [-0.15, -0.1) is 0 Å². The highest BCUT2D eigenvalue weighted by molar-refractivity contribution is 5.87. The molecule has 0 saturated carbocycles. The van der Waals surface area contributed by atoms with Crippen LogP contribution in [0.4, 0.5) is 0 Å². The van der Waals surface area contributed by atoms with Crippen LogP contribution in [0.1, 0.15) is 35.5 Å². The number of fused-ring (bicyclic) bond motifs is 4. The van der Waals surface area contributed by atoms with Crippen molar-refractivity contribution in [3.63, 3.8) is 0 Å². The molecule has 31 heavy (non-hydrogen) atoms. The largest absolute Gasteiger partial charge is 0.476 e. The molecule has 0 fully saturated rings. The first-order valence-electron chi connectivity index (χ1n) is 10.8. The van der Waals surface area contributed by atoms with E-state index in [4.69, 9.17) is 14.9 Å². The van der Waals surface area contributed by atoms with Crippen LogP contribution in [0, 0.1) is 6.92 Å². The summed E-state index contributed by atoms with van der Waals surface area (Å²) in [7, 11) is 6.06. The van der Waals surface area contributed by atoms with Crippen LogP contribution in [-0.4, -0.2) is 54.9 Å². The maximum absolute atomic E-state index is 6.20. The van der Waals surface area contributed by atoms with Gasteiger partial charge in [0.15, 0.2) is 0 Å². The maximum Gasteiger partial charge on any atom is 0.219 e. The van der Waals surface area contributed by atoms with Gasteiger partial charge in [0.1, 0.15) is 6.61 Å². The number of nitrogens with zero attached hydrogens (tertiary/aromatic N) is 6. The highest BCUT2D eigenvalue weighted by Crippen LogP contribution is 2.34.